The quantitative estimate of drug-likeness (QED) is 0.946. The number of rotatable bonds is 3. The summed E-state index contributed by atoms with van der Waals surface area (Å²) in [5, 5.41) is 0.451. The van der Waals surface area contributed by atoms with Crippen LogP contribution in [-0.2, 0) is 10.0 Å². The Morgan fingerprint density at radius 2 is 2.11 bits per heavy atom. The number of nitrogens with zero attached hydrogens (tertiary/aromatic N) is 2. The maximum absolute atomic E-state index is 12.1. The Hall–Kier alpha value is -1.18. The molecule has 0 aliphatic heterocycles. The number of aromatic nitrogens is 2. The molecule has 5 nitrogen and oxygen atoms in total. The third-order valence-corrected chi connectivity index (χ3v) is 5.20. The molecule has 0 aliphatic rings. The molecule has 0 spiro atoms. The van der Waals surface area contributed by atoms with Crippen molar-refractivity contribution in [2.24, 2.45) is 0 Å². The second-order valence-electron chi connectivity index (χ2n) is 3.57. The molecule has 96 valence electrons. The van der Waals surface area contributed by atoms with Crippen LogP contribution in [0.1, 0.15) is 10.6 Å². The van der Waals surface area contributed by atoms with Crippen LogP contribution in [0.25, 0.3) is 0 Å². The minimum absolute atomic E-state index is 0.0582. The highest BCUT2D eigenvalue weighted by atomic mass is 35.5. The molecule has 0 radical (unpaired) electrons. The first-order chi connectivity index (χ1) is 8.40. The smallest absolute Gasteiger partial charge is 0.263 e. The fraction of sp³-hybridized carbons (Fsp3) is 0.200. The third-order valence-electron chi connectivity index (χ3n) is 2.27. The molecule has 0 saturated heterocycles. The Bertz CT molecular complexity index is 663. The summed E-state index contributed by atoms with van der Waals surface area (Å²) in [6.45, 7) is 3.70. The first kappa shape index (κ1) is 13.3. The maximum Gasteiger partial charge on any atom is 0.266 e. The fourth-order valence-electron chi connectivity index (χ4n) is 1.25. The van der Waals surface area contributed by atoms with Gasteiger partial charge in [0.15, 0.2) is 5.13 Å². The highest BCUT2D eigenvalue weighted by Crippen LogP contribution is 2.26. The van der Waals surface area contributed by atoms with Crippen molar-refractivity contribution in [3.05, 3.63) is 34.1 Å². The van der Waals surface area contributed by atoms with Gasteiger partial charge in [0.25, 0.3) is 10.0 Å². The average molecular weight is 304 g/mol. The van der Waals surface area contributed by atoms with Gasteiger partial charge in [0.2, 0.25) is 0 Å². The molecular weight excluding hydrogens is 294 g/mol. The topological polar surface area (TPSA) is 72.0 Å². The predicted molar refractivity (Wildman–Crippen MR) is 71.6 cm³/mol. The van der Waals surface area contributed by atoms with Crippen LogP contribution in [0.4, 0.5) is 5.13 Å². The monoisotopic (exact) mass is 303 g/mol. The minimum Gasteiger partial charge on any atom is -0.263 e. The van der Waals surface area contributed by atoms with Crippen molar-refractivity contribution < 1.29 is 8.42 Å². The normalized spacial score (nSPS) is 11.5. The number of aryl methyl sites for hydroxylation is 2. The van der Waals surface area contributed by atoms with E-state index in [2.05, 4.69) is 14.7 Å². The van der Waals surface area contributed by atoms with Crippen molar-refractivity contribution >= 4 is 38.1 Å². The Balaban J connectivity index is 2.36. The molecule has 0 bridgehead atoms. The SMILES string of the molecule is Cc1nc(NS(=O)(=O)c2cnccc2Cl)sc1C. The van der Waals surface area contributed by atoms with Gasteiger partial charge in [-0.2, -0.15) is 0 Å². The van der Waals surface area contributed by atoms with E-state index in [1.54, 1.807) is 0 Å². The molecule has 0 amide bonds. The Labute approximate surface area is 114 Å². The lowest BCUT2D eigenvalue weighted by Gasteiger charge is -2.05. The molecule has 18 heavy (non-hydrogen) atoms. The molecule has 0 aromatic carbocycles. The standard InChI is InChI=1S/C10H10ClN3O2S2/c1-6-7(2)17-10(13-6)14-18(15,16)9-5-12-4-3-8(9)11/h3-5H,1-2H3,(H,13,14). The number of thiazole rings is 1. The largest absolute Gasteiger partial charge is 0.266 e. The molecule has 0 fully saturated rings. The van der Waals surface area contributed by atoms with E-state index in [1.807, 2.05) is 13.8 Å². The summed E-state index contributed by atoms with van der Waals surface area (Å²) in [5.74, 6) is 0. The number of pyridine rings is 1. The van der Waals surface area contributed by atoms with Gasteiger partial charge < -0.3 is 0 Å². The summed E-state index contributed by atoms with van der Waals surface area (Å²) < 4.78 is 26.5. The van der Waals surface area contributed by atoms with Crippen LogP contribution in [0, 0.1) is 13.8 Å². The van der Waals surface area contributed by atoms with Crippen LogP contribution in [0.3, 0.4) is 0 Å². The Kier molecular flexibility index (Phi) is 3.56. The lowest BCUT2D eigenvalue weighted by Crippen LogP contribution is -2.13. The minimum atomic E-state index is -3.74. The van der Waals surface area contributed by atoms with Gasteiger partial charge in [-0.25, -0.2) is 13.4 Å². The van der Waals surface area contributed by atoms with Gasteiger partial charge in [0.1, 0.15) is 4.90 Å². The van der Waals surface area contributed by atoms with E-state index in [9.17, 15) is 8.42 Å². The first-order valence-electron chi connectivity index (χ1n) is 4.96. The van der Waals surface area contributed by atoms with E-state index < -0.39 is 10.0 Å². The Morgan fingerprint density at radius 1 is 1.39 bits per heavy atom. The molecule has 2 aromatic heterocycles. The van der Waals surface area contributed by atoms with Gasteiger partial charge in [-0.15, -0.1) is 11.3 Å². The van der Waals surface area contributed by atoms with Crippen molar-refractivity contribution in [3.8, 4) is 0 Å². The molecule has 2 heterocycles. The summed E-state index contributed by atoms with van der Waals surface area (Å²) in [6.07, 6.45) is 2.64. The number of nitrogens with one attached hydrogen (secondary N) is 1. The summed E-state index contributed by atoms with van der Waals surface area (Å²) in [7, 11) is -3.74. The molecule has 0 aliphatic carbocycles. The van der Waals surface area contributed by atoms with Crippen molar-refractivity contribution in [2.75, 3.05) is 4.72 Å². The molecule has 0 atom stereocenters. The van der Waals surface area contributed by atoms with Crippen LogP contribution < -0.4 is 4.72 Å². The molecule has 8 heteroatoms. The average Bonchev–Trinajstić information content (AvgIpc) is 2.57. The first-order valence-corrected chi connectivity index (χ1v) is 7.64. The summed E-state index contributed by atoms with van der Waals surface area (Å²) in [6, 6.07) is 1.43. The van der Waals surface area contributed by atoms with Crippen LogP contribution in [-0.4, -0.2) is 18.4 Å². The van der Waals surface area contributed by atoms with E-state index in [0.29, 0.717) is 5.13 Å². The molecular formula is C10H10ClN3O2S2. The fourth-order valence-corrected chi connectivity index (χ4v) is 3.73. The summed E-state index contributed by atoms with van der Waals surface area (Å²) in [4.78, 5) is 8.78. The van der Waals surface area contributed by atoms with E-state index >= 15 is 0 Å². The zero-order chi connectivity index (χ0) is 13.3. The van der Waals surface area contributed by atoms with Gasteiger partial charge >= 0.3 is 0 Å². The number of halogens is 1. The molecule has 0 unspecified atom stereocenters. The molecule has 2 rings (SSSR count). The van der Waals surface area contributed by atoms with Crippen LogP contribution in [0.5, 0.6) is 0 Å². The van der Waals surface area contributed by atoms with E-state index in [4.69, 9.17) is 11.6 Å². The highest BCUT2D eigenvalue weighted by molar-refractivity contribution is 7.93. The number of sulfonamides is 1. The van der Waals surface area contributed by atoms with Crippen LogP contribution >= 0.6 is 22.9 Å². The van der Waals surface area contributed by atoms with Crippen molar-refractivity contribution in [2.45, 2.75) is 18.7 Å². The van der Waals surface area contributed by atoms with E-state index in [1.165, 1.54) is 29.8 Å². The zero-order valence-electron chi connectivity index (χ0n) is 9.64. The van der Waals surface area contributed by atoms with Gasteiger partial charge in [-0.1, -0.05) is 11.6 Å². The van der Waals surface area contributed by atoms with Crippen LogP contribution in [0.15, 0.2) is 23.4 Å². The maximum atomic E-state index is 12.1. The van der Waals surface area contributed by atoms with Crippen LogP contribution in [0.2, 0.25) is 5.02 Å². The molecule has 0 saturated carbocycles. The lowest BCUT2D eigenvalue weighted by atomic mass is 10.4. The predicted octanol–water partition coefficient (Wildman–Crippen LogP) is 2.61. The third kappa shape index (κ3) is 2.63. The lowest BCUT2D eigenvalue weighted by molar-refractivity contribution is 0.601. The van der Waals surface area contributed by atoms with Crippen molar-refractivity contribution in [3.63, 3.8) is 0 Å². The van der Waals surface area contributed by atoms with Gasteiger partial charge in [0.05, 0.1) is 10.7 Å². The van der Waals surface area contributed by atoms with Gasteiger partial charge in [0, 0.05) is 17.3 Å². The number of anilines is 1. The zero-order valence-corrected chi connectivity index (χ0v) is 12.0. The summed E-state index contributed by atoms with van der Waals surface area (Å²) >= 11 is 7.11. The molecule has 2 aromatic rings. The Morgan fingerprint density at radius 3 is 2.67 bits per heavy atom. The van der Waals surface area contributed by atoms with E-state index in [0.717, 1.165) is 10.6 Å². The number of hydrogen-bond acceptors (Lipinski definition) is 5. The second-order valence-corrected chi connectivity index (χ2v) is 6.83. The highest BCUT2D eigenvalue weighted by Gasteiger charge is 2.19. The van der Waals surface area contributed by atoms with Gasteiger partial charge in [-0.05, 0) is 19.9 Å². The van der Waals surface area contributed by atoms with Gasteiger partial charge in [-0.3, -0.25) is 9.71 Å². The number of hydrogen-bond donors (Lipinski definition) is 1. The molecule has 1 N–H and O–H groups in total. The second kappa shape index (κ2) is 4.83. The summed E-state index contributed by atoms with van der Waals surface area (Å²) in [5.41, 5.74) is 0.801. The van der Waals surface area contributed by atoms with E-state index in [-0.39, 0.29) is 9.92 Å². The van der Waals surface area contributed by atoms with Crippen molar-refractivity contribution in [1.29, 1.82) is 0 Å². The van der Waals surface area contributed by atoms with Crippen molar-refractivity contribution in [1.82, 2.24) is 9.97 Å².